The molecule has 0 saturated heterocycles. The van der Waals surface area contributed by atoms with E-state index in [1.165, 1.54) is 16.7 Å². The largest absolute Gasteiger partial charge is 0.299 e. The van der Waals surface area contributed by atoms with E-state index in [1.807, 2.05) is 13.8 Å². The van der Waals surface area contributed by atoms with Crippen LogP contribution in [0.4, 0.5) is 0 Å². The molecule has 5 heteroatoms. The summed E-state index contributed by atoms with van der Waals surface area (Å²) in [6, 6.07) is 19.7. The number of rotatable bonds is 4. The summed E-state index contributed by atoms with van der Waals surface area (Å²) in [5, 5.41) is 0. The van der Waals surface area contributed by atoms with Crippen molar-refractivity contribution >= 4 is 15.9 Å². The maximum atomic E-state index is 11.9. The highest BCUT2D eigenvalue weighted by Gasteiger charge is 2.65. The molecule has 2 aliphatic carbocycles. The second-order valence-corrected chi connectivity index (χ2v) is 12.8. The average Bonchev–Trinajstić information content (AvgIpc) is 3.07. The fourth-order valence-electron chi connectivity index (χ4n) is 5.63. The van der Waals surface area contributed by atoms with Crippen LogP contribution in [0.2, 0.25) is 0 Å². The Hall–Kier alpha value is -1.98. The predicted octanol–water partition coefficient (Wildman–Crippen LogP) is 6.41. The SMILES string of the molecule is CC(c1ccccc1)c1ccc(C(C)(C)C)cc1.CC1(C)C2CCC1(CS(=O)(=O)O)C(=O)C2. The highest BCUT2D eigenvalue weighted by Crippen LogP contribution is 2.64. The van der Waals surface area contributed by atoms with Crippen LogP contribution in [-0.4, -0.2) is 24.5 Å². The summed E-state index contributed by atoms with van der Waals surface area (Å²) in [6.45, 7) is 12.9. The summed E-state index contributed by atoms with van der Waals surface area (Å²) >= 11 is 0. The zero-order valence-electron chi connectivity index (χ0n) is 20.8. The van der Waals surface area contributed by atoms with E-state index < -0.39 is 21.3 Å². The van der Waals surface area contributed by atoms with E-state index in [-0.39, 0.29) is 22.5 Å². The van der Waals surface area contributed by atoms with Crippen LogP contribution in [0.15, 0.2) is 54.6 Å². The molecule has 0 aliphatic heterocycles. The van der Waals surface area contributed by atoms with Gasteiger partial charge in [0.2, 0.25) is 0 Å². The van der Waals surface area contributed by atoms with Crippen molar-refractivity contribution < 1.29 is 17.8 Å². The maximum Gasteiger partial charge on any atom is 0.265 e. The fraction of sp³-hybridized carbons (Fsp3) is 0.536. The summed E-state index contributed by atoms with van der Waals surface area (Å²) in [5.41, 5.74) is 3.27. The van der Waals surface area contributed by atoms with Crippen LogP contribution in [-0.2, 0) is 20.3 Å². The van der Waals surface area contributed by atoms with Gasteiger partial charge in [-0.05, 0) is 46.3 Å². The molecule has 3 unspecified atom stereocenters. The lowest BCUT2D eigenvalue weighted by Crippen LogP contribution is -2.42. The Bertz CT molecular complexity index is 1080. The van der Waals surface area contributed by atoms with Gasteiger partial charge in [0.1, 0.15) is 5.78 Å². The number of carbonyl (C=O) groups excluding carboxylic acids is 1. The lowest BCUT2D eigenvalue weighted by Gasteiger charge is -2.35. The second-order valence-electron chi connectivity index (χ2n) is 11.4. The number of carbonyl (C=O) groups is 1. The van der Waals surface area contributed by atoms with Crippen LogP contribution >= 0.6 is 0 Å². The molecule has 2 saturated carbocycles. The minimum Gasteiger partial charge on any atom is -0.299 e. The summed E-state index contributed by atoms with van der Waals surface area (Å²) in [7, 11) is -4.08. The molecule has 2 fully saturated rings. The lowest BCUT2D eigenvalue weighted by molar-refractivity contribution is -0.128. The number of ketones is 1. The van der Waals surface area contributed by atoms with Crippen molar-refractivity contribution in [1.29, 1.82) is 0 Å². The van der Waals surface area contributed by atoms with Gasteiger partial charge in [0, 0.05) is 12.3 Å². The maximum absolute atomic E-state index is 11.9. The molecule has 2 bridgehead atoms. The summed E-state index contributed by atoms with van der Waals surface area (Å²) in [6.07, 6.45) is 1.97. The van der Waals surface area contributed by atoms with E-state index >= 15 is 0 Å². The molecule has 2 aliphatic rings. The molecule has 0 spiro atoms. The third-order valence-electron chi connectivity index (χ3n) is 8.14. The van der Waals surface area contributed by atoms with Gasteiger partial charge in [0.05, 0.1) is 11.2 Å². The van der Waals surface area contributed by atoms with Gasteiger partial charge in [-0.2, -0.15) is 8.42 Å². The van der Waals surface area contributed by atoms with E-state index in [9.17, 15) is 13.2 Å². The zero-order chi connectivity index (χ0) is 24.7. The van der Waals surface area contributed by atoms with Crippen molar-refractivity contribution in [2.75, 3.05) is 5.75 Å². The molecule has 0 heterocycles. The van der Waals surface area contributed by atoms with Crippen molar-refractivity contribution in [1.82, 2.24) is 0 Å². The second kappa shape index (κ2) is 8.99. The zero-order valence-corrected chi connectivity index (χ0v) is 21.6. The first-order valence-corrected chi connectivity index (χ1v) is 13.4. The quantitative estimate of drug-likeness (QED) is 0.524. The number of fused-ring (bicyclic) bond motifs is 2. The van der Waals surface area contributed by atoms with E-state index in [0.717, 1.165) is 6.42 Å². The molecular weight excluding hydrogens is 432 g/mol. The van der Waals surface area contributed by atoms with Gasteiger partial charge in [-0.15, -0.1) is 0 Å². The number of Topliss-reactive ketones (excluding diaryl/α,β-unsaturated/α-hetero) is 1. The van der Waals surface area contributed by atoms with Gasteiger partial charge in [-0.1, -0.05) is 96.1 Å². The Morgan fingerprint density at radius 1 is 1.00 bits per heavy atom. The highest BCUT2D eigenvalue weighted by atomic mass is 32.2. The van der Waals surface area contributed by atoms with Gasteiger partial charge in [0.15, 0.2) is 0 Å². The van der Waals surface area contributed by atoms with Gasteiger partial charge >= 0.3 is 0 Å². The number of hydrogen-bond acceptors (Lipinski definition) is 3. The van der Waals surface area contributed by atoms with Crippen LogP contribution in [0.1, 0.15) is 83.4 Å². The van der Waals surface area contributed by atoms with Gasteiger partial charge in [0.25, 0.3) is 10.1 Å². The highest BCUT2D eigenvalue weighted by molar-refractivity contribution is 7.85. The van der Waals surface area contributed by atoms with Gasteiger partial charge < -0.3 is 0 Å². The van der Waals surface area contributed by atoms with E-state index in [1.54, 1.807) is 0 Å². The molecule has 2 aromatic carbocycles. The summed E-state index contributed by atoms with van der Waals surface area (Å²) in [5.74, 6) is 0.357. The normalized spacial score (nSPS) is 24.8. The molecule has 0 aromatic heterocycles. The number of benzene rings is 2. The standard InChI is InChI=1S/C18H22.C10H16O4S/c1-14(15-8-6-5-7-9-15)16-10-12-17(13-11-16)18(2,3)4;1-9(2)7-3-4-10(9,8(11)5-7)6-15(12,13)14/h5-14H,1-4H3;7H,3-6H2,1-2H3,(H,12,13,14). The fourth-order valence-corrected chi connectivity index (χ4v) is 6.93. The van der Waals surface area contributed by atoms with Crippen molar-refractivity contribution in [3.05, 3.63) is 71.3 Å². The Balaban J connectivity index is 0.000000189. The molecule has 4 nitrogen and oxygen atoms in total. The Labute approximate surface area is 199 Å². The summed E-state index contributed by atoms with van der Waals surface area (Å²) in [4.78, 5) is 11.9. The van der Waals surface area contributed by atoms with E-state index in [4.69, 9.17) is 4.55 Å². The average molecular weight is 471 g/mol. The predicted molar refractivity (Wildman–Crippen MR) is 134 cm³/mol. The van der Waals surface area contributed by atoms with Gasteiger partial charge in [-0.25, -0.2) is 0 Å². The van der Waals surface area contributed by atoms with Crippen LogP contribution in [0.3, 0.4) is 0 Å². The minimum absolute atomic E-state index is 0.0152. The first-order chi connectivity index (χ1) is 15.2. The molecular formula is C28H38O4S. The Kier molecular flexibility index (Phi) is 6.99. The molecule has 180 valence electrons. The topological polar surface area (TPSA) is 71.4 Å². The Morgan fingerprint density at radius 2 is 1.55 bits per heavy atom. The van der Waals surface area contributed by atoms with Crippen molar-refractivity contribution in [3.8, 4) is 0 Å². The monoisotopic (exact) mass is 470 g/mol. The third kappa shape index (κ3) is 5.25. The van der Waals surface area contributed by atoms with Crippen LogP contribution in [0.5, 0.6) is 0 Å². The molecule has 4 rings (SSSR count). The molecule has 1 N–H and O–H groups in total. The smallest absolute Gasteiger partial charge is 0.265 e. The molecule has 0 radical (unpaired) electrons. The van der Waals surface area contributed by atoms with Crippen molar-refractivity contribution in [3.63, 3.8) is 0 Å². The van der Waals surface area contributed by atoms with Crippen LogP contribution < -0.4 is 0 Å². The molecule has 33 heavy (non-hydrogen) atoms. The first kappa shape index (κ1) is 25.6. The first-order valence-electron chi connectivity index (χ1n) is 11.8. The Morgan fingerprint density at radius 3 is 1.97 bits per heavy atom. The molecule has 2 aromatic rings. The minimum atomic E-state index is -4.08. The summed E-state index contributed by atoms with van der Waals surface area (Å²) < 4.78 is 31.0. The van der Waals surface area contributed by atoms with Crippen LogP contribution in [0, 0.1) is 16.7 Å². The van der Waals surface area contributed by atoms with Crippen molar-refractivity contribution in [2.45, 2.75) is 72.1 Å². The molecule has 0 amide bonds. The lowest BCUT2D eigenvalue weighted by atomic mass is 9.70. The molecule has 3 atom stereocenters. The van der Waals surface area contributed by atoms with Gasteiger partial charge in [-0.3, -0.25) is 9.35 Å². The van der Waals surface area contributed by atoms with Crippen LogP contribution in [0.25, 0.3) is 0 Å². The van der Waals surface area contributed by atoms with E-state index in [0.29, 0.717) is 18.8 Å². The van der Waals surface area contributed by atoms with E-state index in [2.05, 4.69) is 82.3 Å². The van der Waals surface area contributed by atoms with Crippen molar-refractivity contribution in [2.24, 2.45) is 16.7 Å². The number of hydrogen-bond donors (Lipinski definition) is 1. The third-order valence-corrected chi connectivity index (χ3v) is 9.00.